The van der Waals surface area contributed by atoms with Gasteiger partial charge in [-0.15, -0.1) is 23.7 Å². The fourth-order valence-electron chi connectivity index (χ4n) is 1.32. The summed E-state index contributed by atoms with van der Waals surface area (Å²) in [6.45, 7) is 0. The Morgan fingerprint density at radius 3 is 2.31 bits per heavy atom. The van der Waals surface area contributed by atoms with Gasteiger partial charge in [-0.1, -0.05) is 23.2 Å². The molecule has 0 radical (unpaired) electrons. The van der Waals surface area contributed by atoms with Crippen molar-refractivity contribution in [2.75, 3.05) is 5.73 Å². The highest BCUT2D eigenvalue weighted by molar-refractivity contribution is 7.15. The molecule has 0 unspecified atom stereocenters. The summed E-state index contributed by atoms with van der Waals surface area (Å²) in [5.41, 5.74) is 6.61. The van der Waals surface area contributed by atoms with Crippen LogP contribution in [0, 0.1) is 0 Å². The molecule has 0 saturated carbocycles. The average Bonchev–Trinajstić information content (AvgIpc) is 2.49. The normalized spacial score (nSPS) is 9.88. The number of aromatic nitrogens is 1. The molecule has 2 rings (SSSR count). The van der Waals surface area contributed by atoms with Gasteiger partial charge in [0.15, 0.2) is 5.13 Å². The van der Waals surface area contributed by atoms with Crippen molar-refractivity contribution in [2.24, 2.45) is 0 Å². The van der Waals surface area contributed by atoms with Crippen LogP contribution in [0.3, 0.4) is 0 Å². The summed E-state index contributed by atoms with van der Waals surface area (Å²) in [5, 5.41) is 1.88. The number of rotatable bonds is 2. The Hall–Kier alpha value is -0.480. The molecule has 0 saturated heterocycles. The van der Waals surface area contributed by atoms with Gasteiger partial charge < -0.3 is 5.73 Å². The predicted octanol–water partition coefficient (Wildman–Crippen LogP) is 4.04. The lowest BCUT2D eigenvalue weighted by Gasteiger charge is -2.00. The van der Waals surface area contributed by atoms with Gasteiger partial charge in [0.1, 0.15) is 0 Å². The summed E-state index contributed by atoms with van der Waals surface area (Å²) >= 11 is 13.3. The van der Waals surface area contributed by atoms with Crippen molar-refractivity contribution in [1.29, 1.82) is 0 Å². The van der Waals surface area contributed by atoms with Gasteiger partial charge in [0.2, 0.25) is 0 Å². The Morgan fingerprint density at radius 1 is 1.19 bits per heavy atom. The lowest BCUT2D eigenvalue weighted by Crippen LogP contribution is -1.84. The number of nitrogens with two attached hydrogens (primary N) is 1. The maximum Gasteiger partial charge on any atom is 0.180 e. The van der Waals surface area contributed by atoms with E-state index in [0.717, 1.165) is 16.9 Å². The van der Waals surface area contributed by atoms with E-state index in [2.05, 4.69) is 4.98 Å². The Kier molecular flexibility index (Phi) is 4.87. The number of halogens is 3. The van der Waals surface area contributed by atoms with Crippen LogP contribution >= 0.6 is 46.9 Å². The molecule has 16 heavy (non-hydrogen) atoms. The van der Waals surface area contributed by atoms with Crippen LogP contribution in [0.2, 0.25) is 10.0 Å². The van der Waals surface area contributed by atoms with Crippen molar-refractivity contribution in [3.63, 3.8) is 0 Å². The van der Waals surface area contributed by atoms with E-state index in [1.54, 1.807) is 12.3 Å². The first-order chi connectivity index (χ1) is 7.13. The van der Waals surface area contributed by atoms with E-state index in [4.69, 9.17) is 28.9 Å². The van der Waals surface area contributed by atoms with E-state index in [9.17, 15) is 0 Å². The molecule has 86 valence electrons. The summed E-state index contributed by atoms with van der Waals surface area (Å²) in [7, 11) is 0. The van der Waals surface area contributed by atoms with E-state index in [0.29, 0.717) is 15.2 Å². The third-order valence-electron chi connectivity index (χ3n) is 1.87. The van der Waals surface area contributed by atoms with Crippen LogP contribution in [-0.4, -0.2) is 4.98 Å². The second kappa shape index (κ2) is 5.73. The number of nitrogen functional groups attached to an aromatic ring is 1. The molecule has 1 aromatic carbocycles. The second-order valence-electron chi connectivity index (χ2n) is 3.12. The van der Waals surface area contributed by atoms with Gasteiger partial charge in [0.25, 0.3) is 0 Å². The third-order valence-corrected chi connectivity index (χ3v) is 3.14. The second-order valence-corrected chi connectivity index (χ2v) is 5.14. The number of hydrogen-bond acceptors (Lipinski definition) is 3. The molecule has 0 aliphatic carbocycles. The Balaban J connectivity index is 0.00000128. The van der Waals surface area contributed by atoms with Crippen LogP contribution in [0.15, 0.2) is 24.4 Å². The fraction of sp³-hybridized carbons (Fsp3) is 0.100. The van der Waals surface area contributed by atoms with E-state index in [1.807, 2.05) is 12.1 Å². The Bertz CT molecular complexity index is 464. The maximum absolute atomic E-state index is 5.90. The molecule has 2 nitrogen and oxygen atoms in total. The van der Waals surface area contributed by atoms with Crippen molar-refractivity contribution in [2.45, 2.75) is 6.42 Å². The number of thiazole rings is 1. The molecule has 6 heteroatoms. The van der Waals surface area contributed by atoms with Crippen LogP contribution < -0.4 is 5.73 Å². The molecular formula is C10H9Cl3N2S. The van der Waals surface area contributed by atoms with E-state index in [-0.39, 0.29) is 12.4 Å². The monoisotopic (exact) mass is 294 g/mol. The molecule has 0 amide bonds. The van der Waals surface area contributed by atoms with Crippen molar-refractivity contribution in [3.05, 3.63) is 44.9 Å². The molecule has 0 spiro atoms. The number of benzene rings is 1. The van der Waals surface area contributed by atoms with E-state index < -0.39 is 0 Å². The zero-order valence-electron chi connectivity index (χ0n) is 8.11. The molecule has 1 heterocycles. The molecular weight excluding hydrogens is 287 g/mol. The van der Waals surface area contributed by atoms with Gasteiger partial charge >= 0.3 is 0 Å². The Morgan fingerprint density at radius 2 is 1.81 bits per heavy atom. The van der Waals surface area contributed by atoms with Gasteiger partial charge in [-0.25, -0.2) is 4.98 Å². The molecule has 0 bridgehead atoms. The van der Waals surface area contributed by atoms with Crippen LogP contribution in [0.5, 0.6) is 0 Å². The van der Waals surface area contributed by atoms with Crippen molar-refractivity contribution < 1.29 is 0 Å². The first kappa shape index (κ1) is 13.6. The summed E-state index contributed by atoms with van der Waals surface area (Å²) in [5.74, 6) is 0. The van der Waals surface area contributed by atoms with Crippen molar-refractivity contribution in [1.82, 2.24) is 4.98 Å². The highest BCUT2D eigenvalue weighted by Gasteiger charge is 2.03. The minimum absolute atomic E-state index is 0. The smallest absolute Gasteiger partial charge is 0.180 e. The zero-order chi connectivity index (χ0) is 10.8. The Labute approximate surface area is 114 Å². The topological polar surface area (TPSA) is 38.9 Å². The molecule has 0 fully saturated rings. The van der Waals surface area contributed by atoms with Crippen LogP contribution in [0.1, 0.15) is 10.4 Å². The van der Waals surface area contributed by atoms with Crippen LogP contribution in [0.25, 0.3) is 0 Å². The van der Waals surface area contributed by atoms with Crippen LogP contribution in [-0.2, 0) is 6.42 Å². The standard InChI is InChI=1S/C10H8Cl2N2S.ClH/c11-7-1-6(2-8(12)4-7)3-9-5-14-10(13)15-9;/h1-2,4-5H,3H2,(H2,13,14);1H. The molecule has 2 N–H and O–H groups in total. The quantitative estimate of drug-likeness (QED) is 0.908. The number of hydrogen-bond donors (Lipinski definition) is 1. The van der Waals surface area contributed by atoms with Gasteiger partial charge in [0.05, 0.1) is 0 Å². The van der Waals surface area contributed by atoms with E-state index >= 15 is 0 Å². The highest BCUT2D eigenvalue weighted by Crippen LogP contribution is 2.23. The molecule has 0 aliphatic rings. The lowest BCUT2D eigenvalue weighted by atomic mass is 10.1. The average molecular weight is 296 g/mol. The SMILES string of the molecule is Cl.Nc1ncc(Cc2cc(Cl)cc(Cl)c2)s1. The number of anilines is 1. The lowest BCUT2D eigenvalue weighted by molar-refractivity contribution is 1.22. The third kappa shape index (κ3) is 3.52. The van der Waals surface area contributed by atoms with Crippen molar-refractivity contribution in [3.8, 4) is 0 Å². The predicted molar refractivity (Wildman–Crippen MR) is 73.0 cm³/mol. The minimum Gasteiger partial charge on any atom is -0.375 e. The summed E-state index contributed by atoms with van der Waals surface area (Å²) in [4.78, 5) is 5.09. The molecule has 1 aromatic heterocycles. The first-order valence-corrected chi connectivity index (χ1v) is 5.86. The molecule has 0 aliphatic heterocycles. The largest absolute Gasteiger partial charge is 0.375 e. The first-order valence-electron chi connectivity index (χ1n) is 4.28. The minimum atomic E-state index is 0. The zero-order valence-corrected chi connectivity index (χ0v) is 11.3. The number of nitrogens with zero attached hydrogens (tertiary/aromatic N) is 1. The summed E-state index contributed by atoms with van der Waals surface area (Å²) in [6.07, 6.45) is 2.53. The summed E-state index contributed by atoms with van der Waals surface area (Å²) < 4.78 is 0. The van der Waals surface area contributed by atoms with Crippen LogP contribution in [0.4, 0.5) is 5.13 Å². The summed E-state index contributed by atoms with van der Waals surface area (Å²) in [6, 6.07) is 5.50. The molecule has 0 atom stereocenters. The fourth-order valence-corrected chi connectivity index (χ4v) is 2.61. The van der Waals surface area contributed by atoms with Gasteiger partial charge in [-0.2, -0.15) is 0 Å². The maximum atomic E-state index is 5.90. The molecule has 2 aromatic rings. The van der Waals surface area contributed by atoms with Crippen molar-refractivity contribution >= 4 is 52.1 Å². The van der Waals surface area contributed by atoms with E-state index in [1.165, 1.54) is 11.3 Å². The van der Waals surface area contributed by atoms with Gasteiger partial charge in [-0.3, -0.25) is 0 Å². The van der Waals surface area contributed by atoms with Gasteiger partial charge in [0, 0.05) is 27.5 Å². The van der Waals surface area contributed by atoms with Gasteiger partial charge in [-0.05, 0) is 23.8 Å². The highest BCUT2D eigenvalue weighted by atomic mass is 35.5.